The molecule has 0 heterocycles. The van der Waals surface area contributed by atoms with Crippen molar-refractivity contribution in [1.29, 1.82) is 0 Å². The smallest absolute Gasteiger partial charge is 0.253 e. The van der Waals surface area contributed by atoms with E-state index in [0.717, 1.165) is 5.56 Å². The molecule has 0 aliphatic heterocycles. The maximum Gasteiger partial charge on any atom is 0.258 e. The highest BCUT2D eigenvalue weighted by atomic mass is 127. The van der Waals surface area contributed by atoms with Gasteiger partial charge in [-0.1, -0.05) is 30.3 Å². The first-order valence-corrected chi connectivity index (χ1v) is 5.54. The van der Waals surface area contributed by atoms with E-state index in [1.807, 2.05) is 52.9 Å². The fourth-order valence-corrected chi connectivity index (χ4v) is 1.99. The summed E-state index contributed by atoms with van der Waals surface area (Å²) in [4.78, 5) is 0. The van der Waals surface area contributed by atoms with Gasteiger partial charge in [-0.25, -0.2) is 8.42 Å². The van der Waals surface area contributed by atoms with E-state index in [2.05, 4.69) is 4.18 Å². The summed E-state index contributed by atoms with van der Waals surface area (Å²) in [6.07, 6.45) is 0. The molecule has 0 aliphatic carbocycles. The van der Waals surface area contributed by atoms with Crippen LogP contribution in [0.3, 0.4) is 0 Å². The minimum absolute atomic E-state index is 0.426. The van der Waals surface area contributed by atoms with E-state index in [1.165, 1.54) is 0 Å². The molecule has 0 amide bonds. The quantitative estimate of drug-likeness (QED) is 0.524. The highest BCUT2D eigenvalue weighted by molar-refractivity contribution is 14.1. The SMILES string of the molecule is O=[SH](=O)OC(I)c1ccccc1. The molecular weight excluding hydrogens is 291 g/mol. The summed E-state index contributed by atoms with van der Waals surface area (Å²) < 4.78 is 24.5. The third kappa shape index (κ3) is 3.08. The summed E-state index contributed by atoms with van der Waals surface area (Å²) in [5.41, 5.74) is 0.845. The van der Waals surface area contributed by atoms with Crippen molar-refractivity contribution in [3.8, 4) is 0 Å². The van der Waals surface area contributed by atoms with Gasteiger partial charge in [0.15, 0.2) is 4.11 Å². The predicted octanol–water partition coefficient (Wildman–Crippen LogP) is 1.66. The van der Waals surface area contributed by atoms with E-state index in [4.69, 9.17) is 0 Å². The van der Waals surface area contributed by atoms with Gasteiger partial charge in [-0.05, 0) is 28.2 Å². The van der Waals surface area contributed by atoms with Gasteiger partial charge in [0.05, 0.1) is 0 Å². The van der Waals surface area contributed by atoms with Gasteiger partial charge >= 0.3 is 0 Å². The Labute approximate surface area is 86.0 Å². The highest BCUT2D eigenvalue weighted by Gasteiger charge is 2.06. The lowest BCUT2D eigenvalue weighted by Gasteiger charge is -2.04. The standard InChI is InChI=1S/C7H7IO3S/c8-7(11-12(9)10)6-4-2-1-3-5-6/h1-5,7,12H. The molecule has 5 heteroatoms. The molecule has 0 saturated carbocycles. The van der Waals surface area contributed by atoms with Gasteiger partial charge in [-0.15, -0.1) is 0 Å². The lowest BCUT2D eigenvalue weighted by molar-refractivity contribution is 0.327. The fraction of sp³-hybridized carbons (Fsp3) is 0.143. The Morgan fingerprint density at radius 3 is 2.33 bits per heavy atom. The number of benzene rings is 1. The lowest BCUT2D eigenvalue weighted by atomic mass is 10.2. The first-order chi connectivity index (χ1) is 5.70. The summed E-state index contributed by atoms with van der Waals surface area (Å²) in [6.45, 7) is 0. The van der Waals surface area contributed by atoms with Gasteiger partial charge in [-0.3, -0.25) is 4.18 Å². The normalized spacial score (nSPS) is 13.2. The number of thiol groups is 1. The second kappa shape index (κ2) is 4.78. The second-order valence-corrected chi connectivity index (χ2v) is 3.85. The number of hydrogen-bond donors (Lipinski definition) is 1. The van der Waals surface area contributed by atoms with Crippen LogP contribution < -0.4 is 0 Å². The molecule has 1 aromatic carbocycles. The zero-order valence-electron chi connectivity index (χ0n) is 6.01. The first-order valence-electron chi connectivity index (χ1n) is 3.20. The van der Waals surface area contributed by atoms with Crippen LogP contribution in [0, 0.1) is 0 Å². The topological polar surface area (TPSA) is 43.4 Å². The minimum atomic E-state index is -2.77. The van der Waals surface area contributed by atoms with Crippen molar-refractivity contribution in [1.82, 2.24) is 0 Å². The van der Waals surface area contributed by atoms with Crippen LogP contribution in [0.4, 0.5) is 0 Å². The van der Waals surface area contributed by atoms with Crippen LogP contribution in [0.15, 0.2) is 30.3 Å². The maximum absolute atomic E-state index is 10.2. The third-order valence-corrected chi connectivity index (χ3v) is 3.00. The van der Waals surface area contributed by atoms with Crippen molar-refractivity contribution in [3.63, 3.8) is 0 Å². The molecule has 1 aromatic rings. The van der Waals surface area contributed by atoms with Crippen molar-refractivity contribution >= 4 is 33.6 Å². The van der Waals surface area contributed by atoms with Crippen LogP contribution >= 0.6 is 22.6 Å². The predicted molar refractivity (Wildman–Crippen MR) is 54.6 cm³/mol. The Hall–Kier alpha value is -0.140. The largest absolute Gasteiger partial charge is 0.258 e. The summed E-state index contributed by atoms with van der Waals surface area (Å²) in [5.74, 6) is 0. The Bertz CT molecular complexity index is 302. The molecule has 12 heavy (non-hydrogen) atoms. The van der Waals surface area contributed by atoms with E-state index >= 15 is 0 Å². The van der Waals surface area contributed by atoms with E-state index in [-0.39, 0.29) is 0 Å². The zero-order chi connectivity index (χ0) is 8.97. The summed E-state index contributed by atoms with van der Waals surface area (Å²) >= 11 is 1.92. The van der Waals surface area contributed by atoms with Crippen LogP contribution in [-0.4, -0.2) is 8.42 Å². The molecule has 0 aromatic heterocycles. The summed E-state index contributed by atoms with van der Waals surface area (Å²) in [7, 11) is -2.77. The molecule has 0 bridgehead atoms. The number of halogens is 1. The molecular formula is C7H7IO3S. The average Bonchev–Trinajstić information content (AvgIpc) is 2.05. The van der Waals surface area contributed by atoms with Crippen LogP contribution in [0.5, 0.6) is 0 Å². The Balaban J connectivity index is 2.71. The molecule has 3 nitrogen and oxygen atoms in total. The monoisotopic (exact) mass is 298 g/mol. The molecule has 1 atom stereocenters. The van der Waals surface area contributed by atoms with Gasteiger partial charge in [-0.2, -0.15) is 0 Å². The molecule has 1 unspecified atom stereocenters. The lowest BCUT2D eigenvalue weighted by Crippen LogP contribution is -1.93. The van der Waals surface area contributed by atoms with Crippen LogP contribution in [0.2, 0.25) is 0 Å². The highest BCUT2D eigenvalue weighted by Crippen LogP contribution is 2.23. The van der Waals surface area contributed by atoms with Gasteiger partial charge < -0.3 is 0 Å². The maximum atomic E-state index is 10.2. The van der Waals surface area contributed by atoms with Crippen molar-refractivity contribution in [2.45, 2.75) is 4.11 Å². The molecule has 1 rings (SSSR count). The average molecular weight is 298 g/mol. The number of alkyl halides is 1. The van der Waals surface area contributed by atoms with Crippen LogP contribution in [-0.2, 0) is 15.2 Å². The van der Waals surface area contributed by atoms with E-state index in [9.17, 15) is 8.42 Å². The fourth-order valence-electron chi connectivity index (χ4n) is 0.741. The minimum Gasteiger partial charge on any atom is -0.253 e. The van der Waals surface area contributed by atoms with Gasteiger partial charge in [0.2, 0.25) is 0 Å². The van der Waals surface area contributed by atoms with Crippen molar-refractivity contribution < 1.29 is 12.6 Å². The summed E-state index contributed by atoms with van der Waals surface area (Å²) in [5, 5.41) is 0. The molecule has 66 valence electrons. The molecule has 0 spiro atoms. The van der Waals surface area contributed by atoms with Crippen molar-refractivity contribution in [2.75, 3.05) is 0 Å². The molecule has 0 aliphatic rings. The zero-order valence-corrected chi connectivity index (χ0v) is 9.07. The van der Waals surface area contributed by atoms with Gasteiger partial charge in [0, 0.05) is 0 Å². The summed E-state index contributed by atoms with van der Waals surface area (Å²) in [6, 6.07) is 9.17. The van der Waals surface area contributed by atoms with E-state index in [0.29, 0.717) is 0 Å². The van der Waals surface area contributed by atoms with Crippen LogP contribution in [0.1, 0.15) is 9.67 Å². The Morgan fingerprint density at radius 1 is 1.25 bits per heavy atom. The van der Waals surface area contributed by atoms with Crippen molar-refractivity contribution in [2.24, 2.45) is 0 Å². The molecule has 0 N–H and O–H groups in total. The van der Waals surface area contributed by atoms with Gasteiger partial charge in [0.25, 0.3) is 11.0 Å². The van der Waals surface area contributed by atoms with E-state index in [1.54, 1.807) is 0 Å². The van der Waals surface area contributed by atoms with Crippen molar-refractivity contribution in [3.05, 3.63) is 35.9 Å². The van der Waals surface area contributed by atoms with Gasteiger partial charge in [0.1, 0.15) is 0 Å². The number of rotatable bonds is 3. The molecule has 0 fully saturated rings. The van der Waals surface area contributed by atoms with Crippen LogP contribution in [0.25, 0.3) is 0 Å². The first kappa shape index (κ1) is 9.94. The second-order valence-electron chi connectivity index (χ2n) is 2.06. The Morgan fingerprint density at radius 2 is 1.83 bits per heavy atom. The van der Waals surface area contributed by atoms with E-state index < -0.39 is 15.1 Å². The Kier molecular flexibility index (Phi) is 3.96. The number of hydrogen-bond acceptors (Lipinski definition) is 3. The third-order valence-electron chi connectivity index (χ3n) is 1.24. The molecule has 0 saturated heterocycles. The molecule has 0 radical (unpaired) electrons.